The van der Waals surface area contributed by atoms with Gasteiger partial charge in [0.2, 0.25) is 5.91 Å². The third kappa shape index (κ3) is 54.2. The first-order valence-corrected chi connectivity index (χ1v) is 38.0. The van der Waals surface area contributed by atoms with Crippen molar-refractivity contribution < 1.29 is 39.8 Å². The quantitative estimate of drug-likeness (QED) is 0.0261. The van der Waals surface area contributed by atoms with Gasteiger partial charge in [0.15, 0.2) is 6.29 Å². The molecule has 1 aliphatic heterocycles. The average Bonchev–Trinajstić information content (AvgIpc) is 3.71. The molecule has 1 heterocycles. The van der Waals surface area contributed by atoms with Crippen molar-refractivity contribution in [3.63, 3.8) is 0 Å². The molecule has 1 saturated heterocycles. The molecule has 1 rings (SSSR count). The Balaban J connectivity index is 2.06. The van der Waals surface area contributed by atoms with E-state index in [2.05, 4.69) is 43.5 Å². The lowest BCUT2D eigenvalue weighted by Crippen LogP contribution is -2.60. The van der Waals surface area contributed by atoms with Crippen LogP contribution in [0.3, 0.4) is 0 Å². The molecule has 0 saturated carbocycles. The summed E-state index contributed by atoms with van der Waals surface area (Å²) >= 11 is 0. The van der Waals surface area contributed by atoms with Crippen molar-refractivity contribution in [3.05, 3.63) is 24.3 Å². The summed E-state index contributed by atoms with van der Waals surface area (Å²) in [5.74, 6) is -0.134. The molecule has 0 radical (unpaired) electrons. The minimum Gasteiger partial charge on any atom is -0.394 e. The number of rotatable bonds is 68. The molecule has 1 fully saturated rings. The number of aliphatic hydroxyl groups excluding tert-OH is 5. The smallest absolute Gasteiger partial charge is 0.220 e. The Morgan fingerprint density at radius 1 is 0.400 bits per heavy atom. The molecule has 1 amide bonds. The zero-order valence-corrected chi connectivity index (χ0v) is 56.7. The van der Waals surface area contributed by atoms with Gasteiger partial charge in [-0.15, -0.1) is 0 Å². The SMILES string of the molecule is CCCCCCC/C=C\C/C=C\CCCCCCCCCCCCCCCCCCCCCCCCCC(=O)NC(COC1OC(CO)C(O)C(O)C1O)C(O)CCCCCCCCCCCCCCCCCCCCCCCCCCCCC. The largest absolute Gasteiger partial charge is 0.394 e. The van der Waals surface area contributed by atoms with Gasteiger partial charge in [0.25, 0.3) is 0 Å². The van der Waals surface area contributed by atoms with E-state index < -0.39 is 49.5 Å². The molecule has 0 bridgehead atoms. The van der Waals surface area contributed by atoms with E-state index in [1.165, 1.54) is 327 Å². The molecular weight excluding hydrogens is 1050 g/mol. The number of amides is 1. The highest BCUT2D eigenvalue weighted by Crippen LogP contribution is 2.24. The molecule has 0 spiro atoms. The van der Waals surface area contributed by atoms with Crippen LogP contribution in [-0.2, 0) is 14.3 Å². The number of aliphatic hydroxyl groups is 5. The molecule has 7 unspecified atom stereocenters. The summed E-state index contributed by atoms with van der Waals surface area (Å²) in [6.07, 6.45) is 79.9. The van der Waals surface area contributed by atoms with E-state index in [0.29, 0.717) is 12.8 Å². The Hall–Kier alpha value is -1.33. The Bertz CT molecular complexity index is 1390. The van der Waals surface area contributed by atoms with Crippen LogP contribution in [-0.4, -0.2) is 87.5 Å². The van der Waals surface area contributed by atoms with Crippen LogP contribution in [0.15, 0.2) is 24.3 Å². The van der Waals surface area contributed by atoms with Crippen molar-refractivity contribution in [1.82, 2.24) is 5.32 Å². The summed E-state index contributed by atoms with van der Waals surface area (Å²) in [5, 5.41) is 55.0. The second-order valence-corrected chi connectivity index (χ2v) is 26.8. The summed E-state index contributed by atoms with van der Waals surface area (Å²) in [4.78, 5) is 13.2. The number of hydrogen-bond donors (Lipinski definition) is 6. The monoisotopic (exact) mass is 1200 g/mol. The maximum Gasteiger partial charge on any atom is 0.220 e. The fraction of sp³-hybridized carbons (Fsp3) is 0.934. The summed E-state index contributed by atoms with van der Waals surface area (Å²) in [7, 11) is 0. The maximum atomic E-state index is 13.2. The molecule has 6 N–H and O–H groups in total. The highest BCUT2D eigenvalue weighted by Gasteiger charge is 2.44. The van der Waals surface area contributed by atoms with E-state index >= 15 is 0 Å². The molecule has 0 aromatic carbocycles. The first kappa shape index (κ1) is 81.7. The van der Waals surface area contributed by atoms with Crippen molar-refractivity contribution in [2.45, 2.75) is 442 Å². The second-order valence-electron chi connectivity index (χ2n) is 26.8. The third-order valence-electron chi connectivity index (χ3n) is 18.6. The van der Waals surface area contributed by atoms with Crippen molar-refractivity contribution in [2.75, 3.05) is 13.2 Å². The lowest BCUT2D eigenvalue weighted by atomic mass is 9.99. The fourth-order valence-electron chi connectivity index (χ4n) is 12.6. The maximum absolute atomic E-state index is 13.2. The number of ether oxygens (including phenoxy) is 2. The molecule has 0 aromatic rings. The van der Waals surface area contributed by atoms with E-state index in [4.69, 9.17) is 9.47 Å². The minimum atomic E-state index is -1.55. The van der Waals surface area contributed by atoms with Crippen LogP contribution < -0.4 is 5.32 Å². The van der Waals surface area contributed by atoms with Crippen LogP contribution in [0.1, 0.15) is 399 Å². The van der Waals surface area contributed by atoms with Gasteiger partial charge in [-0.3, -0.25) is 4.79 Å². The molecule has 9 nitrogen and oxygen atoms in total. The standard InChI is InChI=1S/C76H147NO8/c1-3-5-7-9-11-13-15-17-19-21-23-25-27-29-31-32-33-34-35-36-37-38-40-42-44-46-48-50-52-54-56-58-60-62-64-66-72(80)77-69(68-84-76-75(83)74(82)73(81)71(67-78)85-76)70(79)65-63-61-59-57-55-53-51-49-47-45-43-41-39-30-28-26-24-22-20-18-16-14-12-10-8-6-4-2/h15,17,21,23,69-71,73-76,78-79,81-83H,3-14,16,18-20,22,24-68H2,1-2H3,(H,77,80)/b17-15-,23-21-. The van der Waals surface area contributed by atoms with Gasteiger partial charge in [0.05, 0.1) is 25.4 Å². The van der Waals surface area contributed by atoms with Crippen molar-refractivity contribution in [3.8, 4) is 0 Å². The summed E-state index contributed by atoms with van der Waals surface area (Å²) < 4.78 is 11.4. The topological polar surface area (TPSA) is 149 Å². The van der Waals surface area contributed by atoms with Gasteiger partial charge >= 0.3 is 0 Å². The lowest BCUT2D eigenvalue weighted by molar-refractivity contribution is -0.302. The Morgan fingerprint density at radius 2 is 0.694 bits per heavy atom. The molecule has 85 heavy (non-hydrogen) atoms. The minimum absolute atomic E-state index is 0.132. The molecule has 1 aliphatic rings. The zero-order chi connectivity index (χ0) is 61.4. The summed E-state index contributed by atoms with van der Waals surface area (Å²) in [5.41, 5.74) is 0. The van der Waals surface area contributed by atoms with Crippen LogP contribution in [0, 0.1) is 0 Å². The Labute approximate surface area is 528 Å². The highest BCUT2D eigenvalue weighted by molar-refractivity contribution is 5.76. The van der Waals surface area contributed by atoms with Crippen LogP contribution in [0.2, 0.25) is 0 Å². The van der Waals surface area contributed by atoms with Crippen LogP contribution in [0.25, 0.3) is 0 Å². The molecule has 0 aromatic heterocycles. The van der Waals surface area contributed by atoms with Gasteiger partial charge in [0.1, 0.15) is 24.4 Å². The van der Waals surface area contributed by atoms with E-state index in [1.54, 1.807) is 0 Å². The van der Waals surface area contributed by atoms with Crippen LogP contribution in [0.4, 0.5) is 0 Å². The number of carbonyl (C=O) groups is 1. The predicted molar refractivity (Wildman–Crippen MR) is 364 cm³/mol. The van der Waals surface area contributed by atoms with Crippen LogP contribution >= 0.6 is 0 Å². The number of carbonyl (C=O) groups excluding carboxylic acids is 1. The normalized spacial score (nSPS) is 18.1. The Morgan fingerprint density at radius 3 is 1.01 bits per heavy atom. The first-order valence-electron chi connectivity index (χ1n) is 38.0. The Kier molecular flexibility index (Phi) is 63.1. The molecule has 9 heteroatoms. The molecule has 504 valence electrons. The van der Waals surface area contributed by atoms with Crippen molar-refractivity contribution in [1.29, 1.82) is 0 Å². The molecule has 7 atom stereocenters. The van der Waals surface area contributed by atoms with Gasteiger partial charge in [-0.1, -0.05) is 372 Å². The van der Waals surface area contributed by atoms with Gasteiger partial charge < -0.3 is 40.3 Å². The van der Waals surface area contributed by atoms with E-state index in [9.17, 15) is 30.3 Å². The predicted octanol–water partition coefficient (Wildman–Crippen LogP) is 21.2. The second kappa shape index (κ2) is 65.6. The summed E-state index contributed by atoms with van der Waals surface area (Å²) in [6.45, 7) is 3.89. The fourth-order valence-corrected chi connectivity index (χ4v) is 12.6. The number of nitrogens with one attached hydrogen (secondary N) is 1. The van der Waals surface area contributed by atoms with Gasteiger partial charge in [-0.05, 0) is 44.9 Å². The van der Waals surface area contributed by atoms with Crippen molar-refractivity contribution in [2.24, 2.45) is 0 Å². The number of hydrogen-bond acceptors (Lipinski definition) is 8. The van der Waals surface area contributed by atoms with Gasteiger partial charge in [-0.2, -0.15) is 0 Å². The average molecular weight is 1200 g/mol. The number of unbranched alkanes of at least 4 members (excludes halogenated alkanes) is 54. The van der Waals surface area contributed by atoms with Crippen LogP contribution in [0.5, 0.6) is 0 Å². The zero-order valence-electron chi connectivity index (χ0n) is 56.7. The van der Waals surface area contributed by atoms with E-state index in [-0.39, 0.29) is 12.5 Å². The first-order chi connectivity index (χ1) is 41.8. The molecule has 0 aliphatic carbocycles. The van der Waals surface area contributed by atoms with Gasteiger partial charge in [-0.25, -0.2) is 0 Å². The van der Waals surface area contributed by atoms with E-state index in [1.807, 2.05) is 0 Å². The number of allylic oxidation sites excluding steroid dienone is 4. The summed E-state index contributed by atoms with van der Waals surface area (Å²) in [6, 6.07) is -0.718. The lowest BCUT2D eigenvalue weighted by Gasteiger charge is -2.40. The highest BCUT2D eigenvalue weighted by atomic mass is 16.7. The molecular formula is C76H147NO8. The van der Waals surface area contributed by atoms with Crippen molar-refractivity contribution >= 4 is 5.91 Å². The third-order valence-corrected chi connectivity index (χ3v) is 18.6. The van der Waals surface area contributed by atoms with E-state index in [0.717, 1.165) is 44.9 Å². The van der Waals surface area contributed by atoms with Gasteiger partial charge in [0, 0.05) is 6.42 Å².